The average molecular weight is 185 g/mol. The Kier molecular flexibility index (Phi) is 3.73. The van der Waals surface area contributed by atoms with E-state index >= 15 is 0 Å². The van der Waals surface area contributed by atoms with Gasteiger partial charge in [0.15, 0.2) is 0 Å². The number of ether oxygens (including phenoxy) is 1. The van der Waals surface area contributed by atoms with Gasteiger partial charge in [-0.05, 0) is 31.6 Å². The summed E-state index contributed by atoms with van der Waals surface area (Å²) in [5.41, 5.74) is 0. The summed E-state index contributed by atoms with van der Waals surface area (Å²) >= 11 is 0. The lowest BCUT2D eigenvalue weighted by atomic mass is 9.83. The van der Waals surface area contributed by atoms with Crippen LogP contribution in [0.1, 0.15) is 25.7 Å². The van der Waals surface area contributed by atoms with Gasteiger partial charge in [-0.25, -0.2) is 0 Å². The van der Waals surface area contributed by atoms with E-state index in [0.29, 0.717) is 5.92 Å². The van der Waals surface area contributed by atoms with Gasteiger partial charge in [0, 0.05) is 6.21 Å². The van der Waals surface area contributed by atoms with Gasteiger partial charge in [-0.1, -0.05) is 0 Å². The first-order valence-electron chi connectivity index (χ1n) is 4.53. The Morgan fingerprint density at radius 1 is 1.46 bits per heavy atom. The summed E-state index contributed by atoms with van der Waals surface area (Å²) in [5.74, 6) is 0.263. The molecule has 0 heterocycles. The molecule has 0 aromatic heterocycles. The summed E-state index contributed by atoms with van der Waals surface area (Å²) in [5, 5.41) is 11.3. The molecular formula is C9H15NO3. The van der Waals surface area contributed by atoms with Crippen LogP contribution in [0, 0.1) is 11.8 Å². The molecule has 0 saturated heterocycles. The van der Waals surface area contributed by atoms with Crippen LogP contribution >= 0.6 is 0 Å². The van der Waals surface area contributed by atoms with Gasteiger partial charge in [0.05, 0.1) is 13.0 Å². The van der Waals surface area contributed by atoms with Crippen LogP contribution in [-0.4, -0.2) is 24.5 Å². The molecule has 1 aliphatic rings. The summed E-state index contributed by atoms with van der Waals surface area (Å²) in [7, 11) is 1.42. The molecule has 4 heteroatoms. The van der Waals surface area contributed by atoms with Gasteiger partial charge >= 0.3 is 5.97 Å². The maximum Gasteiger partial charge on any atom is 0.308 e. The minimum atomic E-state index is -0.112. The maximum absolute atomic E-state index is 11.1. The van der Waals surface area contributed by atoms with E-state index in [1.165, 1.54) is 7.11 Å². The Bertz CT molecular complexity index is 195. The van der Waals surface area contributed by atoms with Crippen molar-refractivity contribution in [2.45, 2.75) is 25.7 Å². The quantitative estimate of drug-likeness (QED) is 0.306. The number of esters is 1. The fourth-order valence-electron chi connectivity index (χ4n) is 1.76. The third-order valence-electron chi connectivity index (χ3n) is 2.58. The van der Waals surface area contributed by atoms with E-state index in [9.17, 15) is 4.79 Å². The zero-order chi connectivity index (χ0) is 9.68. The number of rotatable bonds is 2. The SMILES string of the molecule is COC(=O)[C@H]1CC[C@@H](/C=N/O)CC1. The highest BCUT2D eigenvalue weighted by atomic mass is 16.5. The van der Waals surface area contributed by atoms with Crippen molar-refractivity contribution >= 4 is 12.2 Å². The van der Waals surface area contributed by atoms with Gasteiger partial charge in [0.25, 0.3) is 0 Å². The standard InChI is InChI=1S/C9H15NO3/c1-13-9(11)8-4-2-7(3-5-8)6-10-12/h6-8,12H,2-5H2,1H3/b10-6+/t7-,8+. The van der Waals surface area contributed by atoms with Gasteiger partial charge in [0.1, 0.15) is 0 Å². The second kappa shape index (κ2) is 4.84. The molecule has 0 amide bonds. The number of carbonyl (C=O) groups excluding carboxylic acids is 1. The molecule has 0 aliphatic heterocycles. The predicted octanol–water partition coefficient (Wildman–Crippen LogP) is 1.43. The number of oxime groups is 1. The second-order valence-corrected chi connectivity index (χ2v) is 3.40. The van der Waals surface area contributed by atoms with Crippen LogP contribution in [-0.2, 0) is 9.53 Å². The van der Waals surface area contributed by atoms with Crippen LogP contribution in [0.25, 0.3) is 0 Å². The minimum absolute atomic E-state index is 0.0494. The topological polar surface area (TPSA) is 58.9 Å². The molecule has 4 nitrogen and oxygen atoms in total. The molecule has 1 saturated carbocycles. The third kappa shape index (κ3) is 2.72. The van der Waals surface area contributed by atoms with Crippen LogP contribution in [0.5, 0.6) is 0 Å². The molecule has 1 fully saturated rings. The van der Waals surface area contributed by atoms with Crippen LogP contribution in [0.4, 0.5) is 0 Å². The number of hydrogen-bond acceptors (Lipinski definition) is 4. The van der Waals surface area contributed by atoms with Crippen LogP contribution < -0.4 is 0 Å². The fraction of sp³-hybridized carbons (Fsp3) is 0.778. The Balaban J connectivity index is 2.34. The molecule has 1 rings (SSSR count). The lowest BCUT2D eigenvalue weighted by Crippen LogP contribution is -2.23. The van der Waals surface area contributed by atoms with E-state index in [1.807, 2.05) is 0 Å². The van der Waals surface area contributed by atoms with Crippen molar-refractivity contribution in [2.24, 2.45) is 17.0 Å². The molecule has 0 bridgehead atoms. The Hall–Kier alpha value is -1.06. The molecule has 13 heavy (non-hydrogen) atoms. The molecule has 1 aliphatic carbocycles. The lowest BCUT2D eigenvalue weighted by molar-refractivity contribution is -0.146. The minimum Gasteiger partial charge on any atom is -0.469 e. The zero-order valence-corrected chi connectivity index (χ0v) is 7.77. The number of hydrogen-bond donors (Lipinski definition) is 1. The van der Waals surface area contributed by atoms with Gasteiger partial charge < -0.3 is 9.94 Å². The highest BCUT2D eigenvalue weighted by Crippen LogP contribution is 2.28. The molecule has 0 radical (unpaired) electrons. The summed E-state index contributed by atoms with van der Waals surface area (Å²) < 4.78 is 4.66. The highest BCUT2D eigenvalue weighted by molar-refractivity contribution is 5.72. The van der Waals surface area contributed by atoms with E-state index in [0.717, 1.165) is 25.7 Å². The first-order valence-corrected chi connectivity index (χ1v) is 4.53. The predicted molar refractivity (Wildman–Crippen MR) is 47.7 cm³/mol. The monoisotopic (exact) mass is 185 g/mol. The summed E-state index contributed by atoms with van der Waals surface area (Å²) in [6.45, 7) is 0. The van der Waals surface area contributed by atoms with Crippen LogP contribution in [0.2, 0.25) is 0 Å². The van der Waals surface area contributed by atoms with Crippen molar-refractivity contribution < 1.29 is 14.7 Å². The second-order valence-electron chi connectivity index (χ2n) is 3.40. The van der Waals surface area contributed by atoms with Crippen molar-refractivity contribution in [1.29, 1.82) is 0 Å². The third-order valence-corrected chi connectivity index (χ3v) is 2.58. The van der Waals surface area contributed by atoms with Gasteiger partial charge in [-0.15, -0.1) is 5.16 Å². The smallest absolute Gasteiger partial charge is 0.308 e. The van der Waals surface area contributed by atoms with Crippen LogP contribution in [0.3, 0.4) is 0 Å². The maximum atomic E-state index is 11.1. The molecule has 1 N–H and O–H groups in total. The molecule has 74 valence electrons. The van der Waals surface area contributed by atoms with Gasteiger partial charge in [-0.3, -0.25) is 4.79 Å². The average Bonchev–Trinajstić information content (AvgIpc) is 2.18. The number of methoxy groups -OCH3 is 1. The summed E-state index contributed by atoms with van der Waals surface area (Å²) in [6.07, 6.45) is 5.04. The van der Waals surface area contributed by atoms with E-state index in [2.05, 4.69) is 9.89 Å². The first kappa shape index (κ1) is 10.0. The van der Waals surface area contributed by atoms with Crippen LogP contribution in [0.15, 0.2) is 5.16 Å². The van der Waals surface area contributed by atoms with Crippen molar-refractivity contribution in [3.05, 3.63) is 0 Å². The van der Waals surface area contributed by atoms with Gasteiger partial charge in [-0.2, -0.15) is 0 Å². The molecule has 0 spiro atoms. The van der Waals surface area contributed by atoms with E-state index in [1.54, 1.807) is 6.21 Å². The van der Waals surface area contributed by atoms with Crippen molar-refractivity contribution in [3.63, 3.8) is 0 Å². The first-order chi connectivity index (χ1) is 6.27. The molecule has 0 atom stereocenters. The van der Waals surface area contributed by atoms with Crippen molar-refractivity contribution in [3.8, 4) is 0 Å². The largest absolute Gasteiger partial charge is 0.469 e. The highest BCUT2D eigenvalue weighted by Gasteiger charge is 2.25. The molecule has 0 aromatic carbocycles. The Morgan fingerprint density at radius 2 is 2.08 bits per heavy atom. The molecule has 0 aromatic rings. The Morgan fingerprint density at radius 3 is 2.54 bits per heavy atom. The Labute approximate surface area is 77.6 Å². The van der Waals surface area contributed by atoms with E-state index < -0.39 is 0 Å². The molecule has 0 unspecified atom stereocenters. The zero-order valence-electron chi connectivity index (χ0n) is 7.77. The van der Waals surface area contributed by atoms with Gasteiger partial charge in [0.2, 0.25) is 0 Å². The number of nitrogens with zero attached hydrogens (tertiary/aromatic N) is 1. The number of carbonyl (C=O) groups is 1. The van der Waals surface area contributed by atoms with Crippen molar-refractivity contribution in [1.82, 2.24) is 0 Å². The van der Waals surface area contributed by atoms with E-state index in [-0.39, 0.29) is 11.9 Å². The summed E-state index contributed by atoms with van der Waals surface area (Å²) in [6, 6.07) is 0. The van der Waals surface area contributed by atoms with E-state index in [4.69, 9.17) is 5.21 Å². The summed E-state index contributed by atoms with van der Waals surface area (Å²) in [4.78, 5) is 11.1. The molecular weight excluding hydrogens is 170 g/mol. The van der Waals surface area contributed by atoms with Crippen molar-refractivity contribution in [2.75, 3.05) is 7.11 Å². The normalized spacial score (nSPS) is 29.0. The lowest BCUT2D eigenvalue weighted by Gasteiger charge is -2.23. The fourth-order valence-corrected chi connectivity index (χ4v) is 1.76.